The molecule has 2 aromatic rings. The molecule has 1 saturated heterocycles. The number of aliphatic imine (C=N–C) groups is 1. The molecule has 0 unspecified atom stereocenters. The lowest BCUT2D eigenvalue weighted by Crippen LogP contribution is -2.48. The van der Waals surface area contributed by atoms with E-state index in [1.807, 2.05) is 12.1 Å². The summed E-state index contributed by atoms with van der Waals surface area (Å²) < 4.78 is 32.9. The molecule has 0 spiro atoms. The number of piperazine rings is 1. The number of methoxy groups -OCH3 is 1. The predicted octanol–water partition coefficient (Wildman–Crippen LogP) is 3.59. The fraction of sp³-hybridized carbons (Fsp3) is 0.480. The van der Waals surface area contributed by atoms with Gasteiger partial charge in [-0.05, 0) is 48.2 Å². The molecule has 3 aliphatic rings. The molecule has 170 valence electrons. The molecular formula is C25H30F2N4O. The van der Waals surface area contributed by atoms with Crippen molar-refractivity contribution in [2.75, 3.05) is 51.3 Å². The number of hydrogen-bond acceptors (Lipinski definition) is 5. The van der Waals surface area contributed by atoms with Crippen molar-refractivity contribution < 1.29 is 13.5 Å². The van der Waals surface area contributed by atoms with Crippen LogP contribution in [0.15, 0.2) is 41.4 Å². The summed E-state index contributed by atoms with van der Waals surface area (Å²) >= 11 is 0. The molecule has 7 heteroatoms. The first kappa shape index (κ1) is 21.2. The third kappa shape index (κ3) is 4.18. The van der Waals surface area contributed by atoms with Crippen molar-refractivity contribution in [1.29, 1.82) is 0 Å². The van der Waals surface area contributed by atoms with Gasteiger partial charge in [0.2, 0.25) is 0 Å². The highest BCUT2D eigenvalue weighted by atomic mass is 19.2. The lowest BCUT2D eigenvalue weighted by molar-refractivity contribution is 0.261. The molecule has 0 bridgehead atoms. The van der Waals surface area contributed by atoms with Gasteiger partial charge in [-0.15, -0.1) is 0 Å². The van der Waals surface area contributed by atoms with E-state index in [4.69, 9.17) is 9.73 Å². The molecule has 2 aromatic carbocycles. The van der Waals surface area contributed by atoms with Crippen molar-refractivity contribution in [3.05, 3.63) is 59.2 Å². The number of aryl methyl sites for hydroxylation is 1. The van der Waals surface area contributed by atoms with Crippen LogP contribution in [0.4, 0.5) is 14.5 Å². The number of rotatable bonds is 5. The van der Waals surface area contributed by atoms with Crippen LogP contribution in [0.1, 0.15) is 29.9 Å². The zero-order valence-electron chi connectivity index (χ0n) is 18.5. The van der Waals surface area contributed by atoms with Gasteiger partial charge in [0.1, 0.15) is 5.75 Å². The molecule has 2 atom stereocenters. The monoisotopic (exact) mass is 440 g/mol. The normalized spacial score (nSPS) is 22.8. The van der Waals surface area contributed by atoms with Gasteiger partial charge in [-0.2, -0.15) is 0 Å². The molecular weight excluding hydrogens is 410 g/mol. The number of nitrogens with one attached hydrogen (secondary N) is 1. The van der Waals surface area contributed by atoms with Gasteiger partial charge < -0.3 is 15.0 Å². The molecule has 0 radical (unpaired) electrons. The van der Waals surface area contributed by atoms with Crippen molar-refractivity contribution in [2.45, 2.75) is 31.2 Å². The summed E-state index contributed by atoms with van der Waals surface area (Å²) in [4.78, 5) is 9.71. The first-order valence-electron chi connectivity index (χ1n) is 11.5. The first-order chi connectivity index (χ1) is 15.6. The number of para-hydroxylation sites is 2. The SMILES string of the molecule is COc1ccccc1N1CCN(CCNC2=N[C@@H]3CCc4cc(F)c(F)cc4[C@@H]3C2)CC1. The summed E-state index contributed by atoms with van der Waals surface area (Å²) in [5.41, 5.74) is 3.04. The maximum absolute atomic E-state index is 13.8. The molecule has 5 rings (SSSR count). The van der Waals surface area contributed by atoms with Gasteiger partial charge in [0.15, 0.2) is 11.6 Å². The van der Waals surface area contributed by atoms with E-state index >= 15 is 0 Å². The number of anilines is 1. The van der Waals surface area contributed by atoms with Crippen LogP contribution >= 0.6 is 0 Å². The number of amidine groups is 1. The Hall–Kier alpha value is -2.67. The van der Waals surface area contributed by atoms with E-state index in [2.05, 4.69) is 27.2 Å². The molecule has 0 amide bonds. The largest absolute Gasteiger partial charge is 0.495 e. The first-order valence-corrected chi connectivity index (χ1v) is 11.5. The van der Waals surface area contributed by atoms with Crippen LogP contribution in [-0.2, 0) is 6.42 Å². The third-order valence-electron chi connectivity index (χ3n) is 7.05. The highest BCUT2D eigenvalue weighted by Crippen LogP contribution is 2.40. The van der Waals surface area contributed by atoms with Crippen LogP contribution in [0.2, 0.25) is 0 Å². The van der Waals surface area contributed by atoms with Crippen molar-refractivity contribution in [1.82, 2.24) is 10.2 Å². The van der Waals surface area contributed by atoms with E-state index in [0.717, 1.165) is 86.9 Å². The second kappa shape index (κ2) is 9.06. The Balaban J connectivity index is 1.11. The number of halogens is 2. The lowest BCUT2D eigenvalue weighted by Gasteiger charge is -2.36. The number of benzene rings is 2. The Labute approximate surface area is 188 Å². The molecule has 2 heterocycles. The molecule has 2 aliphatic heterocycles. The average Bonchev–Trinajstić information content (AvgIpc) is 3.24. The summed E-state index contributed by atoms with van der Waals surface area (Å²) in [6.45, 7) is 5.78. The number of hydrogen-bond donors (Lipinski definition) is 1. The minimum Gasteiger partial charge on any atom is -0.495 e. The van der Waals surface area contributed by atoms with Crippen molar-refractivity contribution in [2.24, 2.45) is 4.99 Å². The second-order valence-corrected chi connectivity index (χ2v) is 8.88. The molecule has 1 aliphatic carbocycles. The molecule has 1 N–H and O–H groups in total. The highest BCUT2D eigenvalue weighted by Gasteiger charge is 2.35. The van der Waals surface area contributed by atoms with Gasteiger partial charge >= 0.3 is 0 Å². The molecule has 32 heavy (non-hydrogen) atoms. The summed E-state index contributed by atoms with van der Waals surface area (Å²) in [7, 11) is 1.72. The van der Waals surface area contributed by atoms with E-state index in [1.165, 1.54) is 12.1 Å². The van der Waals surface area contributed by atoms with Crippen LogP contribution in [0.25, 0.3) is 0 Å². The van der Waals surface area contributed by atoms with Gasteiger partial charge in [0.05, 0.1) is 24.7 Å². The smallest absolute Gasteiger partial charge is 0.159 e. The minimum atomic E-state index is -0.752. The van der Waals surface area contributed by atoms with Crippen LogP contribution in [0.3, 0.4) is 0 Å². The second-order valence-electron chi connectivity index (χ2n) is 8.88. The summed E-state index contributed by atoms with van der Waals surface area (Å²) in [6, 6.07) is 11.1. The van der Waals surface area contributed by atoms with E-state index in [-0.39, 0.29) is 12.0 Å². The number of fused-ring (bicyclic) bond motifs is 3. The van der Waals surface area contributed by atoms with Gasteiger partial charge in [-0.1, -0.05) is 12.1 Å². The van der Waals surface area contributed by atoms with Crippen LogP contribution in [-0.4, -0.2) is 63.2 Å². The zero-order chi connectivity index (χ0) is 22.1. The predicted molar refractivity (Wildman–Crippen MR) is 123 cm³/mol. The minimum absolute atomic E-state index is 0.167. The van der Waals surface area contributed by atoms with E-state index in [1.54, 1.807) is 7.11 Å². The molecule has 0 saturated carbocycles. The van der Waals surface area contributed by atoms with E-state index in [0.29, 0.717) is 0 Å². The Kier molecular flexibility index (Phi) is 6.00. The van der Waals surface area contributed by atoms with Gasteiger partial charge in [0, 0.05) is 51.6 Å². The van der Waals surface area contributed by atoms with Crippen molar-refractivity contribution in [3.63, 3.8) is 0 Å². The quantitative estimate of drug-likeness (QED) is 0.772. The van der Waals surface area contributed by atoms with Crippen molar-refractivity contribution in [3.8, 4) is 5.75 Å². The summed E-state index contributed by atoms with van der Waals surface area (Å²) in [5.74, 6) is 0.599. The number of ether oxygens (including phenoxy) is 1. The molecule has 0 aromatic heterocycles. The fourth-order valence-electron chi connectivity index (χ4n) is 5.32. The standard InChI is InChI=1S/C25H30F2N4O/c1-32-24-5-3-2-4-23(24)31-12-10-30(11-13-31)9-8-28-25-16-19-18-15-21(27)20(26)14-17(18)6-7-22(19)29-25/h2-5,14-15,19,22H,6-13,16H2,1H3,(H,28,29)/t19-,22+/m0/s1. The topological polar surface area (TPSA) is 40.1 Å². The highest BCUT2D eigenvalue weighted by molar-refractivity contribution is 5.85. The Morgan fingerprint density at radius 3 is 2.69 bits per heavy atom. The number of nitrogens with zero attached hydrogens (tertiary/aromatic N) is 3. The maximum atomic E-state index is 13.8. The van der Waals surface area contributed by atoms with E-state index < -0.39 is 11.6 Å². The fourth-order valence-corrected chi connectivity index (χ4v) is 5.32. The molecule has 5 nitrogen and oxygen atoms in total. The van der Waals surface area contributed by atoms with Gasteiger partial charge in [-0.25, -0.2) is 8.78 Å². The third-order valence-corrected chi connectivity index (χ3v) is 7.05. The Morgan fingerprint density at radius 1 is 1.09 bits per heavy atom. The van der Waals surface area contributed by atoms with E-state index in [9.17, 15) is 8.78 Å². The average molecular weight is 441 g/mol. The van der Waals surface area contributed by atoms with Crippen molar-refractivity contribution >= 4 is 11.5 Å². The lowest BCUT2D eigenvalue weighted by atomic mass is 9.79. The van der Waals surface area contributed by atoms with Crippen LogP contribution in [0, 0.1) is 11.6 Å². The van der Waals surface area contributed by atoms with Crippen LogP contribution in [0.5, 0.6) is 5.75 Å². The maximum Gasteiger partial charge on any atom is 0.159 e. The zero-order valence-corrected chi connectivity index (χ0v) is 18.5. The van der Waals surface area contributed by atoms with Crippen LogP contribution < -0.4 is 15.0 Å². The van der Waals surface area contributed by atoms with Gasteiger partial charge in [0.25, 0.3) is 0 Å². The Bertz CT molecular complexity index is 1000. The summed E-state index contributed by atoms with van der Waals surface area (Å²) in [5, 5.41) is 3.51. The molecule has 1 fully saturated rings. The Morgan fingerprint density at radius 2 is 1.88 bits per heavy atom. The van der Waals surface area contributed by atoms with Gasteiger partial charge in [-0.3, -0.25) is 9.89 Å². The summed E-state index contributed by atoms with van der Waals surface area (Å²) in [6.07, 6.45) is 2.45.